The lowest BCUT2D eigenvalue weighted by atomic mass is 10.0. The molecule has 0 aliphatic carbocycles. The molecule has 0 radical (unpaired) electrons. The van der Waals surface area contributed by atoms with Crippen LogP contribution >= 0.6 is 92.3 Å². The van der Waals surface area contributed by atoms with Crippen LogP contribution < -0.4 is 9.80 Å². The largest absolute Gasteiger partial charge is 0.345 e. The van der Waals surface area contributed by atoms with E-state index in [9.17, 15) is 16.8 Å². The number of halogens is 6. The van der Waals surface area contributed by atoms with Gasteiger partial charge >= 0.3 is 0 Å². The zero-order chi connectivity index (χ0) is 44.3. The highest BCUT2D eigenvalue weighted by Gasteiger charge is 2.33. The van der Waals surface area contributed by atoms with E-state index in [-0.39, 0.29) is 29.9 Å². The standard InChI is InChI=1S/C22H23Cl2N3O2S2.C20H17Cl4N3O2S2/c1-15-6-7-16(2)17(12-15)13-18-14-30-22(25-18)26-8-10-27(11-9-26)31(28,29)20-5-3-4-19(23)21(20)24;21-14-5-4-13(17(23)11-14)10-15-12-30-20(25-15)26-6-8-27(9-7-26)31(28,29)18-3-1-2-16(22)19(18)24/h3-7,12,14H,8-11,13H2,1-2H3;1-5,11-12H,6-10H2. The molecule has 0 N–H and O–H groups in total. The van der Waals surface area contributed by atoms with Crippen LogP contribution in [-0.2, 0) is 32.9 Å². The average molecular weight is 1030 g/mol. The predicted octanol–water partition coefficient (Wildman–Crippen LogP) is 11.0. The minimum Gasteiger partial charge on any atom is -0.345 e. The fourth-order valence-corrected chi connectivity index (χ4v) is 13.5. The van der Waals surface area contributed by atoms with Gasteiger partial charge in [-0.25, -0.2) is 26.8 Å². The Balaban J connectivity index is 0.000000186. The van der Waals surface area contributed by atoms with Crippen LogP contribution in [0.4, 0.5) is 10.3 Å². The Labute approximate surface area is 400 Å². The van der Waals surface area contributed by atoms with Gasteiger partial charge in [0.05, 0.1) is 31.5 Å². The first-order chi connectivity index (χ1) is 29.5. The van der Waals surface area contributed by atoms with Crippen molar-refractivity contribution < 1.29 is 16.8 Å². The molecule has 0 amide bonds. The fourth-order valence-electron chi connectivity index (χ4n) is 6.98. The van der Waals surface area contributed by atoms with Gasteiger partial charge in [0.25, 0.3) is 0 Å². The van der Waals surface area contributed by atoms with E-state index in [1.165, 1.54) is 48.8 Å². The summed E-state index contributed by atoms with van der Waals surface area (Å²) in [6.45, 7) is 7.85. The quantitative estimate of drug-likeness (QED) is 0.134. The minimum absolute atomic E-state index is 0.0338. The molecule has 10 nitrogen and oxygen atoms in total. The molecule has 2 aliphatic heterocycles. The zero-order valence-electron chi connectivity index (χ0n) is 33.4. The van der Waals surface area contributed by atoms with Gasteiger partial charge in [0.1, 0.15) is 9.79 Å². The summed E-state index contributed by atoms with van der Waals surface area (Å²) in [6, 6.07) is 21.2. The number of rotatable bonds is 10. The first-order valence-corrected chi connectivity index (χ1v) is 26.2. The van der Waals surface area contributed by atoms with Crippen LogP contribution in [0.1, 0.15) is 33.6 Å². The van der Waals surface area contributed by atoms with Crippen molar-refractivity contribution in [3.05, 3.63) is 147 Å². The summed E-state index contributed by atoms with van der Waals surface area (Å²) in [5.41, 5.74) is 6.69. The monoisotopic (exact) mass is 1030 g/mol. The molecule has 0 spiro atoms. The number of benzene rings is 4. The van der Waals surface area contributed by atoms with Crippen molar-refractivity contribution >= 4 is 123 Å². The smallest absolute Gasteiger partial charge is 0.244 e. The molecule has 0 atom stereocenters. The molecule has 6 aromatic rings. The second kappa shape index (κ2) is 20.2. The van der Waals surface area contributed by atoms with Gasteiger partial charge in [-0.1, -0.05) is 112 Å². The molecule has 20 heteroatoms. The van der Waals surface area contributed by atoms with Crippen molar-refractivity contribution in [1.82, 2.24) is 18.6 Å². The molecule has 0 bridgehead atoms. The molecule has 0 unspecified atom stereocenters. The SMILES string of the molecule is Cc1ccc(C)c(Cc2csc(N3CCN(S(=O)(=O)c4cccc(Cl)c4Cl)CC3)n2)c1.O=S(=O)(c1cccc(Cl)c1Cl)N1CCN(c2nc(Cc3ccc(Cl)cc3Cl)cs2)CC1. The summed E-state index contributed by atoms with van der Waals surface area (Å²) < 4.78 is 54.9. The molecule has 8 rings (SSSR count). The number of thiazole rings is 2. The molecule has 2 aliphatic rings. The van der Waals surface area contributed by atoms with Gasteiger partial charge in [-0.2, -0.15) is 8.61 Å². The van der Waals surface area contributed by atoms with Crippen LogP contribution in [0.3, 0.4) is 0 Å². The normalized spacial score (nSPS) is 15.4. The number of aryl methyl sites for hydroxylation is 2. The lowest BCUT2D eigenvalue weighted by molar-refractivity contribution is 0.384. The number of anilines is 2. The number of hydrogen-bond donors (Lipinski definition) is 0. The molecule has 62 heavy (non-hydrogen) atoms. The van der Waals surface area contributed by atoms with Crippen molar-refractivity contribution in [2.24, 2.45) is 0 Å². The Morgan fingerprint density at radius 3 is 1.48 bits per heavy atom. The number of hydrogen-bond acceptors (Lipinski definition) is 10. The van der Waals surface area contributed by atoms with E-state index in [4.69, 9.17) is 79.6 Å². The summed E-state index contributed by atoms with van der Waals surface area (Å²) in [7, 11) is -7.41. The Kier molecular flexibility index (Phi) is 15.4. The van der Waals surface area contributed by atoms with E-state index in [2.05, 4.69) is 47.2 Å². The van der Waals surface area contributed by atoms with Crippen molar-refractivity contribution in [2.45, 2.75) is 36.5 Å². The Hall–Kier alpha value is -2.70. The Bertz CT molecular complexity index is 2790. The first kappa shape index (κ1) is 47.3. The van der Waals surface area contributed by atoms with Crippen LogP contribution in [0.5, 0.6) is 0 Å². The number of aromatic nitrogens is 2. The number of sulfonamides is 2. The topological polar surface area (TPSA) is 107 Å². The van der Waals surface area contributed by atoms with Gasteiger partial charge in [0.15, 0.2) is 10.3 Å². The van der Waals surface area contributed by atoms with Crippen LogP contribution in [0, 0.1) is 13.8 Å². The highest BCUT2D eigenvalue weighted by molar-refractivity contribution is 7.89. The Morgan fingerprint density at radius 2 is 1.02 bits per heavy atom. The van der Waals surface area contributed by atoms with Gasteiger partial charge in [-0.05, 0) is 66.9 Å². The van der Waals surface area contributed by atoms with Gasteiger partial charge in [0.2, 0.25) is 20.0 Å². The third-order valence-corrected chi connectivity index (χ3v) is 18.7. The van der Waals surface area contributed by atoms with Crippen LogP contribution in [0.2, 0.25) is 30.1 Å². The third-order valence-electron chi connectivity index (χ3n) is 10.4. The highest BCUT2D eigenvalue weighted by atomic mass is 35.5. The van der Waals surface area contributed by atoms with E-state index in [1.807, 2.05) is 17.5 Å². The van der Waals surface area contributed by atoms with Crippen LogP contribution in [0.25, 0.3) is 0 Å². The molecule has 2 aromatic heterocycles. The van der Waals surface area contributed by atoms with Gasteiger partial charge in [0, 0.05) is 86.0 Å². The molecular weight excluding hydrogens is 993 g/mol. The van der Waals surface area contributed by atoms with Gasteiger partial charge in [-0.3, -0.25) is 0 Å². The maximum absolute atomic E-state index is 13.0. The van der Waals surface area contributed by atoms with E-state index in [1.54, 1.807) is 41.7 Å². The number of piperazine rings is 2. The third kappa shape index (κ3) is 10.9. The molecule has 2 saturated heterocycles. The lowest BCUT2D eigenvalue weighted by Gasteiger charge is -2.34. The second-order valence-electron chi connectivity index (χ2n) is 14.6. The van der Waals surface area contributed by atoms with Crippen molar-refractivity contribution in [2.75, 3.05) is 62.2 Å². The number of nitrogens with zero attached hydrogens (tertiary/aromatic N) is 6. The van der Waals surface area contributed by atoms with Crippen LogP contribution in [0.15, 0.2) is 93.3 Å². The fraction of sp³-hybridized carbons (Fsp3) is 0.286. The van der Waals surface area contributed by atoms with E-state index in [0.29, 0.717) is 68.8 Å². The summed E-state index contributed by atoms with van der Waals surface area (Å²) >= 11 is 39.7. The molecule has 0 saturated carbocycles. The predicted molar refractivity (Wildman–Crippen MR) is 257 cm³/mol. The molecule has 328 valence electrons. The molecular formula is C42H40Cl6N6O4S4. The van der Waals surface area contributed by atoms with Gasteiger partial charge < -0.3 is 9.80 Å². The average Bonchev–Trinajstić information content (AvgIpc) is 3.93. The van der Waals surface area contributed by atoms with Crippen molar-refractivity contribution in [3.63, 3.8) is 0 Å². The maximum Gasteiger partial charge on any atom is 0.244 e. The van der Waals surface area contributed by atoms with Crippen molar-refractivity contribution in [3.8, 4) is 0 Å². The summed E-state index contributed by atoms with van der Waals surface area (Å²) in [6.07, 6.45) is 1.40. The molecule has 4 aromatic carbocycles. The van der Waals surface area contributed by atoms with E-state index in [0.717, 1.165) is 33.6 Å². The first-order valence-electron chi connectivity index (χ1n) is 19.3. The maximum atomic E-state index is 13.0. The summed E-state index contributed by atoms with van der Waals surface area (Å²) in [4.78, 5) is 13.8. The van der Waals surface area contributed by atoms with Crippen molar-refractivity contribution in [1.29, 1.82) is 0 Å². The minimum atomic E-state index is -3.72. The summed E-state index contributed by atoms with van der Waals surface area (Å²) in [5.74, 6) is 0. The van der Waals surface area contributed by atoms with Gasteiger partial charge in [-0.15, -0.1) is 22.7 Å². The van der Waals surface area contributed by atoms with E-state index >= 15 is 0 Å². The Morgan fingerprint density at radius 1 is 0.548 bits per heavy atom. The molecule has 2 fully saturated rings. The zero-order valence-corrected chi connectivity index (χ0v) is 41.2. The summed E-state index contributed by atoms with van der Waals surface area (Å²) in [5, 5.41) is 7.66. The second-order valence-corrected chi connectivity index (χ2v) is 22.5. The molecule has 4 heterocycles. The highest BCUT2D eigenvalue weighted by Crippen LogP contribution is 2.34. The van der Waals surface area contributed by atoms with Crippen LogP contribution in [-0.4, -0.2) is 87.8 Å². The van der Waals surface area contributed by atoms with E-state index < -0.39 is 20.0 Å². The lowest BCUT2D eigenvalue weighted by Crippen LogP contribution is -2.48.